The number of ether oxygens (including phenoxy) is 1. The first kappa shape index (κ1) is 20.7. The minimum absolute atomic E-state index is 0.165. The van der Waals surface area contributed by atoms with E-state index in [1.54, 1.807) is 0 Å². The zero-order chi connectivity index (χ0) is 19.7. The van der Waals surface area contributed by atoms with Gasteiger partial charge in [-0.3, -0.25) is 9.59 Å². The van der Waals surface area contributed by atoms with E-state index < -0.39 is 19.7 Å². The average Bonchev–Trinajstić information content (AvgIpc) is 3.35. The fraction of sp³-hybridized carbons (Fsp3) is 0.619. The van der Waals surface area contributed by atoms with Crippen molar-refractivity contribution in [2.24, 2.45) is 5.41 Å². The molecule has 1 aliphatic rings. The van der Waals surface area contributed by atoms with Crippen LogP contribution in [-0.2, 0) is 18.8 Å². The van der Waals surface area contributed by atoms with Crippen LogP contribution in [0.4, 0.5) is 0 Å². The first-order valence-corrected chi connectivity index (χ1v) is 11.6. The molecule has 0 saturated heterocycles. The van der Waals surface area contributed by atoms with Gasteiger partial charge in [-0.25, -0.2) is 0 Å². The number of hydrogen-bond donors (Lipinski definition) is 0. The van der Waals surface area contributed by atoms with Gasteiger partial charge in [0.1, 0.15) is 0 Å². The summed E-state index contributed by atoms with van der Waals surface area (Å²) in [5, 5.41) is 0. The molecule has 0 aliphatic heterocycles. The molecule has 2 rings (SSSR count). The monoisotopic (exact) mass is 376 g/mol. The number of hydrogen-bond acceptors (Lipinski definition) is 4. The molecule has 2 unspecified atom stereocenters. The molecule has 5 heteroatoms. The summed E-state index contributed by atoms with van der Waals surface area (Å²) in [6.07, 6.45) is 0.460. The SMILES string of the molecule is COC(=O)C1(C(=O)O[Si](C(C)C)(C(C)C)C(C)C)CC1c1ccccc1. The molecule has 1 aromatic carbocycles. The zero-order valence-electron chi connectivity index (χ0n) is 17.0. The molecule has 26 heavy (non-hydrogen) atoms. The fourth-order valence-electron chi connectivity index (χ4n) is 4.67. The van der Waals surface area contributed by atoms with Crippen LogP contribution in [0.3, 0.4) is 0 Å². The van der Waals surface area contributed by atoms with Crippen LogP contribution in [0.15, 0.2) is 30.3 Å². The molecule has 0 spiro atoms. The lowest BCUT2D eigenvalue weighted by molar-refractivity contribution is -0.158. The van der Waals surface area contributed by atoms with E-state index >= 15 is 0 Å². The van der Waals surface area contributed by atoms with Crippen LogP contribution in [-0.4, -0.2) is 27.4 Å². The third kappa shape index (κ3) is 3.22. The van der Waals surface area contributed by atoms with Crippen molar-refractivity contribution in [1.29, 1.82) is 0 Å². The maximum Gasteiger partial charge on any atom is 0.323 e. The molecule has 144 valence electrons. The lowest BCUT2D eigenvalue weighted by Gasteiger charge is -2.42. The van der Waals surface area contributed by atoms with Crippen molar-refractivity contribution in [2.75, 3.05) is 7.11 Å². The van der Waals surface area contributed by atoms with Gasteiger partial charge in [-0.15, -0.1) is 0 Å². The zero-order valence-corrected chi connectivity index (χ0v) is 18.0. The highest BCUT2D eigenvalue weighted by Crippen LogP contribution is 2.61. The van der Waals surface area contributed by atoms with E-state index in [0.717, 1.165) is 5.56 Å². The van der Waals surface area contributed by atoms with Crippen LogP contribution in [0.25, 0.3) is 0 Å². The lowest BCUT2D eigenvalue weighted by Crippen LogP contribution is -2.51. The van der Waals surface area contributed by atoms with Crippen LogP contribution >= 0.6 is 0 Å². The van der Waals surface area contributed by atoms with Crippen LogP contribution in [0.2, 0.25) is 16.6 Å². The van der Waals surface area contributed by atoms with Crippen LogP contribution in [0, 0.1) is 5.41 Å². The van der Waals surface area contributed by atoms with Gasteiger partial charge in [-0.1, -0.05) is 71.9 Å². The van der Waals surface area contributed by atoms with Gasteiger partial charge in [-0.05, 0) is 28.6 Å². The Bertz CT molecular complexity index is 631. The van der Waals surface area contributed by atoms with Crippen molar-refractivity contribution in [1.82, 2.24) is 0 Å². The van der Waals surface area contributed by atoms with Gasteiger partial charge in [0.25, 0.3) is 8.32 Å². The van der Waals surface area contributed by atoms with Gasteiger partial charge in [0.2, 0.25) is 0 Å². The van der Waals surface area contributed by atoms with Gasteiger partial charge in [0.15, 0.2) is 5.41 Å². The molecule has 4 nitrogen and oxygen atoms in total. The second-order valence-corrected chi connectivity index (χ2v) is 13.7. The van der Waals surface area contributed by atoms with Gasteiger partial charge in [0, 0.05) is 5.92 Å². The van der Waals surface area contributed by atoms with Crippen LogP contribution in [0.1, 0.15) is 59.4 Å². The Morgan fingerprint density at radius 1 is 0.962 bits per heavy atom. The summed E-state index contributed by atoms with van der Waals surface area (Å²) >= 11 is 0. The molecule has 1 fully saturated rings. The first-order chi connectivity index (χ1) is 12.1. The van der Waals surface area contributed by atoms with Crippen molar-refractivity contribution in [3.05, 3.63) is 35.9 Å². The van der Waals surface area contributed by atoms with E-state index in [0.29, 0.717) is 6.42 Å². The predicted molar refractivity (Wildman–Crippen MR) is 105 cm³/mol. The largest absolute Gasteiger partial charge is 0.517 e. The minimum Gasteiger partial charge on any atom is -0.517 e. The molecule has 0 radical (unpaired) electrons. The van der Waals surface area contributed by atoms with Crippen molar-refractivity contribution in [3.8, 4) is 0 Å². The Labute approximate surface area is 158 Å². The Kier molecular flexibility index (Phi) is 6.01. The van der Waals surface area contributed by atoms with Gasteiger partial charge < -0.3 is 9.16 Å². The molecule has 0 N–H and O–H groups in total. The molecular weight excluding hydrogens is 344 g/mol. The summed E-state index contributed by atoms with van der Waals surface area (Å²) in [5.74, 6) is -1.03. The third-order valence-electron chi connectivity index (χ3n) is 6.05. The van der Waals surface area contributed by atoms with Gasteiger partial charge >= 0.3 is 11.9 Å². The maximum absolute atomic E-state index is 13.4. The molecule has 0 bridgehead atoms. The average molecular weight is 377 g/mol. The summed E-state index contributed by atoms with van der Waals surface area (Å²) in [6.45, 7) is 12.8. The van der Waals surface area contributed by atoms with Gasteiger partial charge in [-0.2, -0.15) is 0 Å². The van der Waals surface area contributed by atoms with Crippen LogP contribution in [0.5, 0.6) is 0 Å². The number of methoxy groups -OCH3 is 1. The normalized spacial score (nSPS) is 22.6. The molecule has 0 aromatic heterocycles. The molecule has 0 heterocycles. The number of carbonyl (C=O) groups is 2. The summed E-state index contributed by atoms with van der Waals surface area (Å²) < 4.78 is 11.3. The highest BCUT2D eigenvalue weighted by Gasteiger charge is 2.69. The number of esters is 1. The Morgan fingerprint density at radius 3 is 1.88 bits per heavy atom. The maximum atomic E-state index is 13.4. The summed E-state index contributed by atoms with van der Waals surface area (Å²) in [6, 6.07) is 9.70. The van der Waals surface area contributed by atoms with Crippen LogP contribution < -0.4 is 0 Å². The van der Waals surface area contributed by atoms with Crippen molar-refractivity contribution in [2.45, 2.75) is 70.5 Å². The second kappa shape index (κ2) is 7.55. The highest BCUT2D eigenvalue weighted by atomic mass is 28.4. The quantitative estimate of drug-likeness (QED) is 0.379. The van der Waals surface area contributed by atoms with E-state index in [9.17, 15) is 9.59 Å². The van der Waals surface area contributed by atoms with Crippen molar-refractivity contribution < 1.29 is 18.8 Å². The molecular formula is C21H32O4Si. The van der Waals surface area contributed by atoms with Crippen molar-refractivity contribution in [3.63, 3.8) is 0 Å². The summed E-state index contributed by atoms with van der Waals surface area (Å²) in [7, 11) is -1.06. The second-order valence-electron chi connectivity index (χ2n) is 8.34. The number of benzene rings is 1. The lowest BCUT2D eigenvalue weighted by atomic mass is 9.99. The number of carbonyl (C=O) groups excluding carboxylic acids is 2. The minimum atomic E-state index is -2.41. The van der Waals surface area contributed by atoms with E-state index in [4.69, 9.17) is 9.16 Å². The molecule has 0 amide bonds. The summed E-state index contributed by atoms with van der Waals surface area (Å²) in [5.41, 5.74) is 0.619. The molecule has 1 aliphatic carbocycles. The van der Waals surface area contributed by atoms with E-state index in [1.165, 1.54) is 7.11 Å². The topological polar surface area (TPSA) is 52.6 Å². The third-order valence-corrected chi connectivity index (χ3v) is 12.0. The first-order valence-electron chi connectivity index (χ1n) is 9.51. The van der Waals surface area contributed by atoms with Gasteiger partial charge in [0.05, 0.1) is 7.11 Å². The Hall–Kier alpha value is -1.62. The predicted octanol–water partition coefficient (Wildman–Crippen LogP) is 5.05. The standard InChI is InChI=1S/C21H32O4Si/c1-14(2)26(15(3)4,16(5)6)25-20(23)21(19(22)24-7)13-18(21)17-11-9-8-10-12-17/h8-12,14-16,18H,13H2,1-7H3. The molecule has 1 aromatic rings. The van der Waals surface area contributed by atoms with E-state index in [1.807, 2.05) is 30.3 Å². The van der Waals surface area contributed by atoms with E-state index in [-0.39, 0.29) is 28.5 Å². The van der Waals surface area contributed by atoms with E-state index in [2.05, 4.69) is 41.5 Å². The Morgan fingerprint density at radius 2 is 1.46 bits per heavy atom. The molecule has 1 saturated carbocycles. The fourth-order valence-corrected chi connectivity index (χ4v) is 9.88. The number of rotatable bonds is 7. The Balaban J connectivity index is 2.39. The van der Waals surface area contributed by atoms with Crippen molar-refractivity contribution >= 4 is 20.3 Å². The summed E-state index contributed by atoms with van der Waals surface area (Å²) in [4.78, 5) is 26.0. The highest BCUT2D eigenvalue weighted by molar-refractivity contribution is 6.79. The molecule has 2 atom stereocenters. The smallest absolute Gasteiger partial charge is 0.323 e.